The Balaban J connectivity index is 1.46. The number of esters is 1. The lowest BCUT2D eigenvalue weighted by Crippen LogP contribution is -2.39. The Morgan fingerprint density at radius 3 is 2.76 bits per heavy atom. The molecule has 0 unspecified atom stereocenters. The van der Waals surface area contributed by atoms with Gasteiger partial charge in [0.25, 0.3) is 5.91 Å². The third-order valence-electron chi connectivity index (χ3n) is 4.89. The molecule has 5 heteroatoms. The quantitative estimate of drug-likeness (QED) is 0.844. The molecule has 1 fully saturated rings. The minimum atomic E-state index is -0.421. The topological polar surface area (TPSA) is 68.5 Å². The molecule has 134 valence electrons. The number of benzene rings is 1. The smallest absolute Gasteiger partial charge is 0.310 e. The highest BCUT2D eigenvalue weighted by Crippen LogP contribution is 2.24. The Bertz CT molecular complexity index is 756. The molecular weight excluding hydrogens is 318 g/mol. The summed E-state index contributed by atoms with van der Waals surface area (Å²) in [6.07, 6.45) is 5.96. The number of furan rings is 1. The first-order chi connectivity index (χ1) is 12.0. The summed E-state index contributed by atoms with van der Waals surface area (Å²) in [6.45, 7) is 4.00. The molecule has 0 radical (unpaired) electrons. The van der Waals surface area contributed by atoms with Gasteiger partial charge in [-0.25, -0.2) is 0 Å². The average Bonchev–Trinajstić information content (AvgIpc) is 2.97. The number of fused-ring (bicyclic) bond motifs is 1. The molecule has 25 heavy (non-hydrogen) atoms. The first kappa shape index (κ1) is 17.5. The molecule has 3 rings (SSSR count). The van der Waals surface area contributed by atoms with Crippen LogP contribution in [-0.2, 0) is 20.7 Å². The minimum absolute atomic E-state index is 0.101. The number of aryl methyl sites for hydroxylation is 1. The zero-order valence-electron chi connectivity index (χ0n) is 14.8. The summed E-state index contributed by atoms with van der Waals surface area (Å²) < 4.78 is 10.6. The van der Waals surface area contributed by atoms with E-state index in [4.69, 9.17) is 9.15 Å². The normalized spacial score (nSPS) is 20.4. The van der Waals surface area contributed by atoms with Crippen LogP contribution in [0.5, 0.6) is 0 Å². The number of carbonyl (C=O) groups is 2. The van der Waals surface area contributed by atoms with Crippen molar-refractivity contribution in [1.82, 2.24) is 5.32 Å². The molecule has 1 N–H and O–H groups in total. The van der Waals surface area contributed by atoms with Crippen molar-refractivity contribution in [3.05, 3.63) is 35.6 Å². The van der Waals surface area contributed by atoms with Gasteiger partial charge in [0.1, 0.15) is 5.58 Å². The van der Waals surface area contributed by atoms with Crippen molar-refractivity contribution < 1.29 is 18.7 Å². The molecule has 1 aromatic carbocycles. The standard InChI is InChI=1S/C20H25NO4/c1-13-3-6-16(7-4-13)21-19(22)12-25-20(23)10-15-11-24-18-9-14(2)5-8-17(15)18/h5,8-9,11,13,16H,3-4,6-7,10,12H2,1-2H3,(H,21,22). The van der Waals surface area contributed by atoms with Gasteiger partial charge >= 0.3 is 5.97 Å². The van der Waals surface area contributed by atoms with Gasteiger partial charge in [0.05, 0.1) is 12.7 Å². The Morgan fingerprint density at radius 2 is 2.00 bits per heavy atom. The van der Waals surface area contributed by atoms with Crippen molar-refractivity contribution in [3.63, 3.8) is 0 Å². The number of hydrogen-bond donors (Lipinski definition) is 1. The fourth-order valence-corrected chi connectivity index (χ4v) is 3.35. The van der Waals surface area contributed by atoms with Crippen molar-refractivity contribution in [2.24, 2.45) is 5.92 Å². The van der Waals surface area contributed by atoms with Crippen LogP contribution < -0.4 is 5.32 Å². The van der Waals surface area contributed by atoms with Gasteiger partial charge in [-0.3, -0.25) is 9.59 Å². The molecule has 0 spiro atoms. The van der Waals surface area contributed by atoms with Gasteiger partial charge in [-0.2, -0.15) is 0 Å². The molecule has 0 aliphatic heterocycles. The minimum Gasteiger partial charge on any atom is -0.464 e. The highest BCUT2D eigenvalue weighted by atomic mass is 16.5. The SMILES string of the molecule is Cc1ccc2c(CC(=O)OCC(=O)NC3CCC(C)CC3)coc2c1. The number of amides is 1. The summed E-state index contributed by atoms with van der Waals surface area (Å²) in [5, 5.41) is 3.86. The number of rotatable bonds is 5. The maximum atomic E-state index is 12.0. The van der Waals surface area contributed by atoms with Crippen LogP contribution in [0.25, 0.3) is 11.0 Å². The average molecular weight is 343 g/mol. The molecule has 0 saturated heterocycles. The van der Waals surface area contributed by atoms with E-state index < -0.39 is 5.97 Å². The van der Waals surface area contributed by atoms with Crippen molar-refractivity contribution >= 4 is 22.8 Å². The van der Waals surface area contributed by atoms with E-state index in [1.54, 1.807) is 6.26 Å². The molecule has 2 aromatic rings. The van der Waals surface area contributed by atoms with Crippen LogP contribution in [0.15, 0.2) is 28.9 Å². The van der Waals surface area contributed by atoms with Crippen LogP contribution in [0, 0.1) is 12.8 Å². The first-order valence-electron chi connectivity index (χ1n) is 8.93. The van der Waals surface area contributed by atoms with E-state index >= 15 is 0 Å². The summed E-state index contributed by atoms with van der Waals surface area (Å²) in [4.78, 5) is 24.0. The van der Waals surface area contributed by atoms with Crippen LogP contribution in [-0.4, -0.2) is 24.5 Å². The highest BCUT2D eigenvalue weighted by Gasteiger charge is 2.20. The van der Waals surface area contributed by atoms with E-state index in [0.29, 0.717) is 0 Å². The summed E-state index contributed by atoms with van der Waals surface area (Å²) >= 11 is 0. The van der Waals surface area contributed by atoms with E-state index in [-0.39, 0.29) is 25.0 Å². The molecule has 1 saturated carbocycles. The summed E-state index contributed by atoms with van der Waals surface area (Å²) in [7, 11) is 0. The van der Waals surface area contributed by atoms with Crippen LogP contribution in [0.1, 0.15) is 43.7 Å². The van der Waals surface area contributed by atoms with E-state index in [1.807, 2.05) is 25.1 Å². The molecule has 1 aliphatic rings. The molecule has 0 atom stereocenters. The van der Waals surface area contributed by atoms with Crippen molar-refractivity contribution in [1.29, 1.82) is 0 Å². The van der Waals surface area contributed by atoms with Gasteiger partial charge in [0.15, 0.2) is 6.61 Å². The van der Waals surface area contributed by atoms with Crippen LogP contribution in [0.2, 0.25) is 0 Å². The van der Waals surface area contributed by atoms with E-state index in [1.165, 1.54) is 0 Å². The molecule has 1 heterocycles. The lowest BCUT2D eigenvalue weighted by Gasteiger charge is -2.26. The third kappa shape index (κ3) is 4.62. The second-order valence-corrected chi connectivity index (χ2v) is 7.12. The summed E-state index contributed by atoms with van der Waals surface area (Å²) in [5.74, 6) is 0.0934. The van der Waals surface area contributed by atoms with Gasteiger partial charge in [-0.05, 0) is 50.2 Å². The number of nitrogens with one attached hydrogen (secondary N) is 1. The second-order valence-electron chi connectivity index (χ2n) is 7.12. The number of carbonyl (C=O) groups excluding carboxylic acids is 2. The second kappa shape index (κ2) is 7.72. The van der Waals surface area contributed by atoms with E-state index in [9.17, 15) is 9.59 Å². The van der Waals surface area contributed by atoms with Gasteiger partial charge in [0.2, 0.25) is 0 Å². The fourth-order valence-electron chi connectivity index (χ4n) is 3.35. The Morgan fingerprint density at radius 1 is 1.24 bits per heavy atom. The predicted molar refractivity (Wildman–Crippen MR) is 95.2 cm³/mol. The molecule has 1 aliphatic carbocycles. The van der Waals surface area contributed by atoms with Crippen LogP contribution in [0.3, 0.4) is 0 Å². The maximum Gasteiger partial charge on any atom is 0.310 e. The maximum absolute atomic E-state index is 12.0. The molecular formula is C20H25NO4. The Hall–Kier alpha value is -2.30. The largest absolute Gasteiger partial charge is 0.464 e. The summed E-state index contributed by atoms with van der Waals surface area (Å²) in [6, 6.07) is 6.06. The molecule has 1 amide bonds. The summed E-state index contributed by atoms with van der Waals surface area (Å²) in [5.41, 5.74) is 2.64. The van der Waals surface area contributed by atoms with Crippen molar-refractivity contribution in [3.8, 4) is 0 Å². The fraction of sp³-hybridized carbons (Fsp3) is 0.500. The van der Waals surface area contributed by atoms with Gasteiger partial charge in [-0.1, -0.05) is 19.1 Å². The highest BCUT2D eigenvalue weighted by molar-refractivity contribution is 5.87. The lowest BCUT2D eigenvalue weighted by atomic mass is 9.87. The van der Waals surface area contributed by atoms with E-state index in [0.717, 1.165) is 53.7 Å². The third-order valence-corrected chi connectivity index (χ3v) is 4.89. The van der Waals surface area contributed by atoms with Crippen LogP contribution >= 0.6 is 0 Å². The van der Waals surface area contributed by atoms with Gasteiger partial charge in [-0.15, -0.1) is 0 Å². The first-order valence-corrected chi connectivity index (χ1v) is 8.93. The van der Waals surface area contributed by atoms with Crippen LogP contribution in [0.4, 0.5) is 0 Å². The van der Waals surface area contributed by atoms with Gasteiger partial charge < -0.3 is 14.5 Å². The zero-order chi connectivity index (χ0) is 17.8. The monoisotopic (exact) mass is 343 g/mol. The Kier molecular flexibility index (Phi) is 5.41. The predicted octanol–water partition coefficient (Wildman–Crippen LogP) is 3.52. The number of hydrogen-bond acceptors (Lipinski definition) is 4. The molecule has 1 aromatic heterocycles. The zero-order valence-corrected chi connectivity index (χ0v) is 14.8. The van der Waals surface area contributed by atoms with Gasteiger partial charge in [0, 0.05) is 17.0 Å². The molecule has 5 nitrogen and oxygen atoms in total. The van der Waals surface area contributed by atoms with Crippen molar-refractivity contribution in [2.45, 2.75) is 52.0 Å². The van der Waals surface area contributed by atoms with E-state index in [2.05, 4.69) is 12.2 Å². The molecule has 0 bridgehead atoms. The number of ether oxygens (including phenoxy) is 1. The Labute approximate surface area is 147 Å². The van der Waals surface area contributed by atoms with Crippen molar-refractivity contribution in [2.75, 3.05) is 6.61 Å². The lowest BCUT2D eigenvalue weighted by molar-refractivity contribution is -0.148.